The third-order valence-corrected chi connectivity index (χ3v) is 2.65. The van der Waals surface area contributed by atoms with E-state index in [1.807, 2.05) is 13.0 Å². The Hall–Kier alpha value is -2.17. The molecule has 2 rings (SSSR count). The molecule has 0 spiro atoms. The fourth-order valence-electron chi connectivity index (χ4n) is 1.71. The van der Waals surface area contributed by atoms with Crippen LogP contribution in [0.15, 0.2) is 30.3 Å². The van der Waals surface area contributed by atoms with Crippen LogP contribution in [0.3, 0.4) is 0 Å². The smallest absolute Gasteiger partial charge is 0.136 e. The summed E-state index contributed by atoms with van der Waals surface area (Å²) < 4.78 is 12.9. The van der Waals surface area contributed by atoms with Crippen LogP contribution in [0.25, 0.3) is 0 Å². The van der Waals surface area contributed by atoms with Crippen LogP contribution in [0.2, 0.25) is 0 Å². The average molecular weight is 274 g/mol. The van der Waals surface area contributed by atoms with Crippen molar-refractivity contribution in [1.82, 2.24) is 9.97 Å². The zero-order valence-corrected chi connectivity index (χ0v) is 11.9. The van der Waals surface area contributed by atoms with Gasteiger partial charge in [0.15, 0.2) is 0 Å². The zero-order chi connectivity index (χ0) is 14.5. The fraction of sp³-hybridized carbons (Fsp3) is 0.333. The van der Waals surface area contributed by atoms with Gasteiger partial charge in [0.25, 0.3) is 0 Å². The van der Waals surface area contributed by atoms with Crippen LogP contribution in [-0.2, 0) is 0 Å². The minimum absolute atomic E-state index is 0.256. The quantitative estimate of drug-likeness (QED) is 0.872. The Morgan fingerprint density at radius 3 is 2.40 bits per heavy atom. The van der Waals surface area contributed by atoms with Crippen LogP contribution in [0.4, 0.5) is 21.7 Å². The molecule has 2 N–H and O–H groups in total. The average Bonchev–Trinajstić information content (AvgIpc) is 2.38. The molecule has 4 nitrogen and oxygen atoms in total. The van der Waals surface area contributed by atoms with E-state index in [-0.39, 0.29) is 5.82 Å². The van der Waals surface area contributed by atoms with E-state index in [1.54, 1.807) is 12.1 Å². The first-order valence-electron chi connectivity index (χ1n) is 6.65. The van der Waals surface area contributed by atoms with E-state index in [9.17, 15) is 4.39 Å². The topological polar surface area (TPSA) is 49.8 Å². The minimum Gasteiger partial charge on any atom is -0.370 e. The minimum atomic E-state index is -0.256. The van der Waals surface area contributed by atoms with Crippen molar-refractivity contribution in [2.24, 2.45) is 5.92 Å². The van der Waals surface area contributed by atoms with E-state index in [0.29, 0.717) is 17.6 Å². The van der Waals surface area contributed by atoms with Gasteiger partial charge in [-0.05, 0) is 37.1 Å². The second kappa shape index (κ2) is 6.32. The lowest BCUT2D eigenvalue weighted by Gasteiger charge is -2.11. The van der Waals surface area contributed by atoms with Crippen molar-refractivity contribution in [3.63, 3.8) is 0 Å². The lowest BCUT2D eigenvalue weighted by Crippen LogP contribution is -2.10. The first kappa shape index (κ1) is 14.2. The molecule has 1 heterocycles. The summed E-state index contributed by atoms with van der Waals surface area (Å²) in [7, 11) is 0. The normalized spacial score (nSPS) is 10.7. The highest BCUT2D eigenvalue weighted by Gasteiger charge is 2.03. The number of aryl methyl sites for hydroxylation is 1. The van der Waals surface area contributed by atoms with E-state index >= 15 is 0 Å². The number of benzene rings is 1. The lowest BCUT2D eigenvalue weighted by atomic mass is 10.2. The molecule has 0 atom stereocenters. The van der Waals surface area contributed by atoms with Crippen molar-refractivity contribution in [1.29, 1.82) is 0 Å². The number of hydrogen-bond donors (Lipinski definition) is 2. The van der Waals surface area contributed by atoms with Gasteiger partial charge >= 0.3 is 0 Å². The van der Waals surface area contributed by atoms with Gasteiger partial charge in [0.1, 0.15) is 23.3 Å². The zero-order valence-electron chi connectivity index (χ0n) is 11.9. The molecule has 1 aromatic carbocycles. The molecule has 0 aliphatic heterocycles. The van der Waals surface area contributed by atoms with Gasteiger partial charge < -0.3 is 10.6 Å². The summed E-state index contributed by atoms with van der Waals surface area (Å²) >= 11 is 0. The van der Waals surface area contributed by atoms with Crippen LogP contribution in [0.1, 0.15) is 19.7 Å². The van der Waals surface area contributed by atoms with Gasteiger partial charge in [-0.1, -0.05) is 13.8 Å². The second-order valence-corrected chi connectivity index (χ2v) is 5.09. The number of nitrogens with one attached hydrogen (secondary N) is 2. The predicted molar refractivity (Wildman–Crippen MR) is 79.8 cm³/mol. The molecule has 0 aliphatic carbocycles. The summed E-state index contributed by atoms with van der Waals surface area (Å²) in [5.74, 6) is 2.45. The monoisotopic (exact) mass is 274 g/mol. The van der Waals surface area contributed by atoms with Crippen LogP contribution in [-0.4, -0.2) is 16.5 Å². The first-order chi connectivity index (χ1) is 9.52. The predicted octanol–water partition coefficient (Wildman–Crippen LogP) is 3.74. The Labute approximate surface area is 118 Å². The molecule has 2 aromatic rings. The van der Waals surface area contributed by atoms with Gasteiger partial charge in [-0.15, -0.1) is 0 Å². The molecule has 106 valence electrons. The van der Waals surface area contributed by atoms with E-state index in [4.69, 9.17) is 0 Å². The Bertz CT molecular complexity index is 567. The molecule has 0 amide bonds. The summed E-state index contributed by atoms with van der Waals surface area (Å²) in [4.78, 5) is 8.66. The van der Waals surface area contributed by atoms with E-state index in [1.165, 1.54) is 12.1 Å². The highest BCUT2D eigenvalue weighted by molar-refractivity contribution is 5.59. The van der Waals surface area contributed by atoms with Crippen molar-refractivity contribution >= 4 is 17.3 Å². The molecular formula is C15H19FN4. The molecule has 0 aliphatic rings. The Morgan fingerprint density at radius 1 is 1.10 bits per heavy atom. The van der Waals surface area contributed by atoms with Crippen molar-refractivity contribution < 1.29 is 4.39 Å². The van der Waals surface area contributed by atoms with Gasteiger partial charge in [0.05, 0.1) is 0 Å². The van der Waals surface area contributed by atoms with E-state index in [2.05, 4.69) is 34.4 Å². The second-order valence-electron chi connectivity index (χ2n) is 5.09. The SMILES string of the molecule is Cc1nc(NCC(C)C)cc(Nc2ccc(F)cc2)n1. The standard InChI is InChI=1S/C15H19FN4/c1-10(2)9-17-14-8-15(19-11(3)18-14)20-13-6-4-12(16)5-7-13/h4-8,10H,9H2,1-3H3,(H2,17,18,19,20). The third-order valence-electron chi connectivity index (χ3n) is 2.65. The number of nitrogens with zero attached hydrogens (tertiary/aromatic N) is 2. The maximum absolute atomic E-state index is 12.9. The Kier molecular flexibility index (Phi) is 4.50. The molecule has 0 saturated carbocycles. The van der Waals surface area contributed by atoms with Crippen molar-refractivity contribution in [2.75, 3.05) is 17.2 Å². The number of hydrogen-bond acceptors (Lipinski definition) is 4. The van der Waals surface area contributed by atoms with Gasteiger partial charge in [0, 0.05) is 18.3 Å². The molecular weight excluding hydrogens is 255 g/mol. The molecule has 0 unspecified atom stereocenters. The lowest BCUT2D eigenvalue weighted by molar-refractivity contribution is 0.628. The molecule has 20 heavy (non-hydrogen) atoms. The summed E-state index contributed by atoms with van der Waals surface area (Å²) in [5, 5.41) is 6.41. The maximum atomic E-state index is 12.9. The highest BCUT2D eigenvalue weighted by Crippen LogP contribution is 2.17. The van der Waals surface area contributed by atoms with Crippen LogP contribution < -0.4 is 10.6 Å². The number of aromatic nitrogens is 2. The van der Waals surface area contributed by atoms with E-state index in [0.717, 1.165) is 18.1 Å². The first-order valence-corrected chi connectivity index (χ1v) is 6.65. The Morgan fingerprint density at radius 2 is 1.75 bits per heavy atom. The number of anilines is 3. The summed E-state index contributed by atoms with van der Waals surface area (Å²) in [6.07, 6.45) is 0. The third kappa shape index (κ3) is 4.19. The molecule has 0 fully saturated rings. The molecule has 1 aromatic heterocycles. The van der Waals surface area contributed by atoms with Crippen molar-refractivity contribution in [3.05, 3.63) is 42.0 Å². The van der Waals surface area contributed by atoms with Gasteiger partial charge in [0.2, 0.25) is 0 Å². The Balaban J connectivity index is 2.13. The summed E-state index contributed by atoms with van der Waals surface area (Å²) in [6, 6.07) is 8.02. The van der Waals surface area contributed by atoms with Crippen LogP contribution >= 0.6 is 0 Å². The molecule has 0 bridgehead atoms. The molecule has 5 heteroatoms. The largest absolute Gasteiger partial charge is 0.370 e. The molecule has 0 saturated heterocycles. The summed E-state index contributed by atoms with van der Waals surface area (Å²) in [6.45, 7) is 6.97. The fourth-order valence-corrected chi connectivity index (χ4v) is 1.71. The van der Waals surface area contributed by atoms with E-state index < -0.39 is 0 Å². The molecule has 0 radical (unpaired) electrons. The number of halogens is 1. The van der Waals surface area contributed by atoms with Crippen molar-refractivity contribution in [2.45, 2.75) is 20.8 Å². The van der Waals surface area contributed by atoms with Crippen LogP contribution in [0.5, 0.6) is 0 Å². The highest BCUT2D eigenvalue weighted by atomic mass is 19.1. The van der Waals surface area contributed by atoms with Gasteiger partial charge in [-0.2, -0.15) is 0 Å². The summed E-state index contributed by atoms with van der Waals surface area (Å²) in [5.41, 5.74) is 0.791. The van der Waals surface area contributed by atoms with Crippen molar-refractivity contribution in [3.8, 4) is 0 Å². The van der Waals surface area contributed by atoms with Crippen LogP contribution in [0, 0.1) is 18.7 Å². The van der Waals surface area contributed by atoms with Gasteiger partial charge in [-0.25, -0.2) is 14.4 Å². The number of rotatable bonds is 5. The maximum Gasteiger partial charge on any atom is 0.136 e. The van der Waals surface area contributed by atoms with Gasteiger partial charge in [-0.3, -0.25) is 0 Å².